The van der Waals surface area contributed by atoms with Gasteiger partial charge in [-0.15, -0.1) is 0 Å². The number of hydrogen-bond donors (Lipinski definition) is 1. The fourth-order valence-corrected chi connectivity index (χ4v) is 5.00. The van der Waals surface area contributed by atoms with Gasteiger partial charge >= 0.3 is 5.76 Å². The number of rotatable bonds is 8. The monoisotopic (exact) mass is 573 g/mol. The van der Waals surface area contributed by atoms with E-state index in [0.717, 1.165) is 34.4 Å². The number of fused-ring (bicyclic) bond motifs is 1. The number of aromatic amines is 1. The predicted octanol–water partition coefficient (Wildman–Crippen LogP) is 4.06. The van der Waals surface area contributed by atoms with Crippen LogP contribution in [0.4, 0.5) is 0 Å². The van der Waals surface area contributed by atoms with Crippen LogP contribution in [0.3, 0.4) is 0 Å². The Morgan fingerprint density at radius 1 is 0.976 bits per heavy atom. The van der Waals surface area contributed by atoms with Crippen molar-refractivity contribution in [3.63, 3.8) is 0 Å². The van der Waals surface area contributed by atoms with Gasteiger partial charge in [-0.1, -0.05) is 73.1 Å². The van der Waals surface area contributed by atoms with Crippen LogP contribution in [-0.4, -0.2) is 87.8 Å². The first-order valence-corrected chi connectivity index (χ1v) is 12.9. The summed E-state index contributed by atoms with van der Waals surface area (Å²) in [5.74, 6) is 0.871. The molecule has 0 saturated carbocycles. The Morgan fingerprint density at radius 2 is 1.76 bits per heavy atom. The summed E-state index contributed by atoms with van der Waals surface area (Å²) in [6.45, 7) is 2.08. The molecule has 0 aliphatic rings. The van der Waals surface area contributed by atoms with Crippen LogP contribution in [-0.2, 0) is 12.8 Å². The number of nitrogens with one attached hydrogen (secondary N) is 1. The molecule has 0 fully saturated rings. The van der Waals surface area contributed by atoms with Gasteiger partial charge in [-0.2, -0.15) is 10.1 Å². The molecule has 0 saturated heterocycles. The van der Waals surface area contributed by atoms with E-state index >= 15 is 0 Å². The minimum Gasteiger partial charge on any atom is -0.497 e. The van der Waals surface area contributed by atoms with Crippen molar-refractivity contribution in [3.05, 3.63) is 117 Å². The molecule has 1 radical (unpaired) electrons. The molecule has 41 heavy (non-hydrogen) atoms. The number of aromatic nitrogens is 6. The molecule has 6 rings (SSSR count). The Bertz CT molecular complexity index is 1940. The zero-order valence-electron chi connectivity index (χ0n) is 23.0. The summed E-state index contributed by atoms with van der Waals surface area (Å²) in [7, 11) is 1.59. The summed E-state index contributed by atoms with van der Waals surface area (Å²) < 4.78 is 13.5. The molecule has 0 amide bonds. The summed E-state index contributed by atoms with van der Waals surface area (Å²) >= 11 is 0. The summed E-state index contributed by atoms with van der Waals surface area (Å²) in [5, 5.41) is 8.32. The summed E-state index contributed by atoms with van der Waals surface area (Å²) in [5.41, 5.74) is 5.60. The van der Waals surface area contributed by atoms with Crippen molar-refractivity contribution >= 4 is 57.2 Å². The largest absolute Gasteiger partial charge is 0.497 e. The van der Waals surface area contributed by atoms with Gasteiger partial charge < -0.3 is 4.74 Å². The quantitative estimate of drug-likeness (QED) is 0.273. The van der Waals surface area contributed by atoms with E-state index in [1.165, 1.54) is 6.33 Å². The average molecular weight is 574 g/mol. The maximum atomic E-state index is 14.1. The van der Waals surface area contributed by atoms with Gasteiger partial charge in [-0.05, 0) is 35.2 Å². The molecule has 0 bridgehead atoms. The van der Waals surface area contributed by atoms with Gasteiger partial charge in [0, 0.05) is 75.0 Å². The van der Waals surface area contributed by atoms with Gasteiger partial charge in [-0.3, -0.25) is 14.3 Å². The summed E-state index contributed by atoms with van der Waals surface area (Å²) in [4.78, 5) is 32.6. The van der Waals surface area contributed by atoms with Gasteiger partial charge in [0.2, 0.25) is 5.78 Å². The zero-order chi connectivity index (χ0) is 27.6. The standard InChI is InChI=1S/C30H26N6O4.K/c1-3-7-26-25(28(37)35(29-31-18-32-36(26)29)21-8-6-9-22(17-21)39-2)16-19-12-14-20(15-13-19)23-10-4-5-11-24(23)27-33-30(38)40-34-27;/h4-6,8-15,17-18H,3,7,16H2,1-2H3,(H,33,34,38);. The number of hydrogen-bond acceptors (Lipinski definition) is 7. The molecule has 0 spiro atoms. The fourth-order valence-electron chi connectivity index (χ4n) is 5.00. The first-order chi connectivity index (χ1) is 19.6. The molecule has 201 valence electrons. The van der Waals surface area contributed by atoms with Crippen molar-refractivity contribution in [3.8, 4) is 34.0 Å². The Hall–Kier alpha value is -3.61. The van der Waals surface area contributed by atoms with E-state index in [0.29, 0.717) is 41.4 Å². The average Bonchev–Trinajstić information content (AvgIpc) is 3.65. The smallest absolute Gasteiger partial charge is 0.439 e. The van der Waals surface area contributed by atoms with Crippen LogP contribution in [0.2, 0.25) is 0 Å². The number of benzene rings is 3. The van der Waals surface area contributed by atoms with Crippen LogP contribution in [0.5, 0.6) is 5.75 Å². The van der Waals surface area contributed by atoms with Crippen molar-refractivity contribution in [1.82, 2.24) is 29.3 Å². The van der Waals surface area contributed by atoms with Crippen molar-refractivity contribution in [1.29, 1.82) is 0 Å². The number of aryl methyl sites for hydroxylation is 1. The normalized spacial score (nSPS) is 11.0. The van der Waals surface area contributed by atoms with E-state index < -0.39 is 5.76 Å². The third-order valence-electron chi connectivity index (χ3n) is 6.86. The molecule has 10 nitrogen and oxygen atoms in total. The van der Waals surface area contributed by atoms with Crippen molar-refractivity contribution in [2.24, 2.45) is 0 Å². The van der Waals surface area contributed by atoms with Crippen molar-refractivity contribution < 1.29 is 9.26 Å². The van der Waals surface area contributed by atoms with Crippen LogP contribution >= 0.6 is 0 Å². The molecule has 6 aromatic rings. The number of H-pyrrole nitrogens is 1. The summed E-state index contributed by atoms with van der Waals surface area (Å²) in [6.07, 6.45) is 3.43. The van der Waals surface area contributed by atoms with Crippen LogP contribution in [0.1, 0.15) is 30.2 Å². The van der Waals surface area contributed by atoms with Gasteiger partial charge in [0.05, 0.1) is 18.5 Å². The molecule has 3 heterocycles. The molecular formula is C30H26KN6O4. The van der Waals surface area contributed by atoms with Gasteiger partial charge in [0.1, 0.15) is 12.1 Å². The maximum absolute atomic E-state index is 14.1. The second-order valence-corrected chi connectivity index (χ2v) is 9.35. The van der Waals surface area contributed by atoms with Crippen LogP contribution in [0, 0.1) is 0 Å². The summed E-state index contributed by atoms with van der Waals surface area (Å²) in [6, 6.07) is 23.0. The fraction of sp³-hybridized carbons (Fsp3) is 0.167. The van der Waals surface area contributed by atoms with Crippen molar-refractivity contribution in [2.75, 3.05) is 7.11 Å². The van der Waals surface area contributed by atoms with Gasteiger partial charge in [-0.25, -0.2) is 13.9 Å². The first kappa shape index (κ1) is 28.9. The second-order valence-electron chi connectivity index (χ2n) is 9.35. The predicted molar refractivity (Wildman–Crippen MR) is 156 cm³/mol. The molecule has 3 aromatic carbocycles. The van der Waals surface area contributed by atoms with E-state index in [9.17, 15) is 9.59 Å². The Balaban J connectivity index is 0.00000337. The molecule has 0 atom stereocenters. The molecule has 0 aliphatic carbocycles. The van der Waals surface area contributed by atoms with E-state index in [1.807, 2.05) is 72.8 Å². The van der Waals surface area contributed by atoms with E-state index in [4.69, 9.17) is 9.26 Å². The van der Waals surface area contributed by atoms with E-state index in [2.05, 4.69) is 27.1 Å². The maximum Gasteiger partial charge on any atom is 0.439 e. The Labute approximate surface area is 277 Å². The second kappa shape index (κ2) is 12.5. The van der Waals surface area contributed by atoms with E-state index in [-0.39, 0.29) is 56.9 Å². The first-order valence-electron chi connectivity index (χ1n) is 12.9. The van der Waals surface area contributed by atoms with Crippen LogP contribution in [0.25, 0.3) is 34.0 Å². The Morgan fingerprint density at radius 3 is 2.46 bits per heavy atom. The SMILES string of the molecule is CCCc1c(Cc2ccc(-c3ccccc3-c3noc(=O)[nH]3)cc2)c(=O)n(-c2cccc(OC)c2)c2ncnn12.[K]. The number of methoxy groups -OCH3 is 1. The molecule has 0 aliphatic heterocycles. The molecule has 11 heteroatoms. The topological polar surface area (TPSA) is 120 Å². The third kappa shape index (κ3) is 5.63. The van der Waals surface area contributed by atoms with Crippen LogP contribution in [0.15, 0.2) is 93.2 Å². The number of ether oxygens (including phenoxy) is 1. The third-order valence-corrected chi connectivity index (χ3v) is 6.86. The Kier molecular flexibility index (Phi) is 8.81. The minimum atomic E-state index is -0.605. The van der Waals surface area contributed by atoms with Crippen molar-refractivity contribution in [2.45, 2.75) is 26.2 Å². The minimum absolute atomic E-state index is 0. The molecule has 3 aromatic heterocycles. The van der Waals surface area contributed by atoms with Crippen LogP contribution < -0.4 is 16.1 Å². The zero-order valence-corrected chi connectivity index (χ0v) is 26.1. The van der Waals surface area contributed by atoms with E-state index in [1.54, 1.807) is 16.2 Å². The number of nitrogens with zero attached hydrogens (tertiary/aromatic N) is 5. The molecule has 0 unspecified atom stereocenters. The molecule has 1 N–H and O–H groups in total. The van der Waals surface area contributed by atoms with Gasteiger partial charge in [0.25, 0.3) is 5.56 Å². The molecular weight excluding hydrogens is 547 g/mol. The van der Waals surface area contributed by atoms with Gasteiger partial charge in [0.15, 0.2) is 5.82 Å².